The molecule has 0 radical (unpaired) electrons. The molecule has 0 spiro atoms. The van der Waals surface area contributed by atoms with Crippen molar-refractivity contribution in [3.63, 3.8) is 0 Å². The normalized spacial score (nSPS) is 21.2. The van der Waals surface area contributed by atoms with Crippen molar-refractivity contribution in [2.75, 3.05) is 5.32 Å². The average molecular weight is 286 g/mol. The van der Waals surface area contributed by atoms with Gasteiger partial charge in [0.2, 0.25) is 5.91 Å². The number of para-hydroxylation sites is 1. The zero-order valence-electron chi connectivity index (χ0n) is 11.2. The van der Waals surface area contributed by atoms with Crippen molar-refractivity contribution in [2.24, 2.45) is 0 Å². The zero-order chi connectivity index (χ0) is 14.7. The maximum absolute atomic E-state index is 13.5. The fourth-order valence-corrected chi connectivity index (χ4v) is 2.32. The predicted molar refractivity (Wildman–Crippen MR) is 76.7 cm³/mol. The number of carbonyl (C=O) groups is 1. The molecule has 2 aromatic rings. The Hall–Kier alpha value is -2.31. The van der Waals surface area contributed by atoms with Crippen molar-refractivity contribution in [3.05, 3.63) is 60.2 Å². The van der Waals surface area contributed by atoms with Crippen molar-refractivity contribution in [1.82, 2.24) is 15.8 Å². The third-order valence-electron chi connectivity index (χ3n) is 3.46. The van der Waals surface area contributed by atoms with Crippen LogP contribution in [0.3, 0.4) is 0 Å². The second-order valence-electron chi connectivity index (χ2n) is 4.88. The Morgan fingerprint density at radius 3 is 2.71 bits per heavy atom. The average Bonchev–Trinajstić information content (AvgIpc) is 3.00. The maximum atomic E-state index is 13.5. The highest BCUT2D eigenvalue weighted by atomic mass is 19.1. The first-order chi connectivity index (χ1) is 10.2. The van der Waals surface area contributed by atoms with E-state index in [1.807, 2.05) is 12.1 Å². The van der Waals surface area contributed by atoms with Crippen LogP contribution in [0.5, 0.6) is 0 Å². The van der Waals surface area contributed by atoms with Crippen molar-refractivity contribution in [1.29, 1.82) is 0 Å². The van der Waals surface area contributed by atoms with Gasteiger partial charge < -0.3 is 5.32 Å². The lowest BCUT2D eigenvalue weighted by Gasteiger charge is -2.11. The molecular weight excluding hydrogens is 271 g/mol. The molecule has 21 heavy (non-hydrogen) atoms. The largest absolute Gasteiger partial charge is 0.322 e. The Balaban J connectivity index is 1.64. The van der Waals surface area contributed by atoms with Gasteiger partial charge in [-0.2, -0.15) is 0 Å². The fourth-order valence-electron chi connectivity index (χ4n) is 2.32. The number of hydrogen-bond donors (Lipinski definition) is 3. The Bertz CT molecular complexity index is 635. The first-order valence-electron chi connectivity index (χ1n) is 6.70. The minimum absolute atomic E-state index is 0.0318. The highest BCUT2D eigenvalue weighted by Crippen LogP contribution is 2.22. The number of halogens is 1. The summed E-state index contributed by atoms with van der Waals surface area (Å²) in [7, 11) is 0. The molecule has 1 aromatic heterocycles. The molecule has 3 rings (SSSR count). The van der Waals surface area contributed by atoms with Crippen LogP contribution in [0.2, 0.25) is 0 Å². The zero-order valence-corrected chi connectivity index (χ0v) is 11.2. The smallest absolute Gasteiger partial charge is 0.243 e. The second-order valence-corrected chi connectivity index (χ2v) is 4.88. The lowest BCUT2D eigenvalue weighted by atomic mass is 10.0. The van der Waals surface area contributed by atoms with Gasteiger partial charge in [-0.1, -0.05) is 12.1 Å². The van der Waals surface area contributed by atoms with Crippen molar-refractivity contribution in [2.45, 2.75) is 18.5 Å². The topological polar surface area (TPSA) is 66.0 Å². The first kappa shape index (κ1) is 13.7. The number of nitrogens with zero attached hydrogens (tertiary/aromatic N) is 1. The summed E-state index contributed by atoms with van der Waals surface area (Å²) < 4.78 is 13.5. The molecule has 0 aliphatic carbocycles. The highest BCUT2D eigenvalue weighted by Gasteiger charge is 2.30. The number of carbonyl (C=O) groups excluding carboxylic acids is 1. The van der Waals surface area contributed by atoms with E-state index >= 15 is 0 Å². The summed E-state index contributed by atoms with van der Waals surface area (Å²) in [5.41, 5.74) is 7.26. The van der Waals surface area contributed by atoms with Crippen LogP contribution >= 0.6 is 0 Å². The number of amides is 1. The molecule has 108 valence electrons. The number of benzene rings is 1. The van der Waals surface area contributed by atoms with Gasteiger partial charge in [0.15, 0.2) is 0 Å². The molecule has 3 N–H and O–H groups in total. The summed E-state index contributed by atoms with van der Waals surface area (Å²) in [4.78, 5) is 16.1. The number of rotatable bonds is 3. The standard InChI is InChI=1S/C15H15FN4O/c16-11-3-1-2-4-12(11)18-15(21)14-9-13(19-20-14)10-5-7-17-8-6-10/h1-8,13-14,19-20H,9H2,(H,18,21). The van der Waals surface area contributed by atoms with E-state index in [2.05, 4.69) is 21.2 Å². The van der Waals surface area contributed by atoms with E-state index in [-0.39, 0.29) is 17.6 Å². The van der Waals surface area contributed by atoms with E-state index in [1.165, 1.54) is 12.1 Å². The van der Waals surface area contributed by atoms with Crippen molar-refractivity contribution in [3.8, 4) is 0 Å². The van der Waals surface area contributed by atoms with E-state index in [1.54, 1.807) is 24.5 Å². The molecule has 1 aromatic carbocycles. The monoisotopic (exact) mass is 286 g/mol. The molecule has 1 amide bonds. The number of hydrogen-bond acceptors (Lipinski definition) is 4. The van der Waals surface area contributed by atoms with Gasteiger partial charge in [-0.3, -0.25) is 9.78 Å². The molecule has 6 heteroatoms. The lowest BCUT2D eigenvalue weighted by molar-refractivity contribution is -0.117. The Morgan fingerprint density at radius 2 is 1.95 bits per heavy atom. The van der Waals surface area contributed by atoms with Crippen LogP contribution in [0.15, 0.2) is 48.8 Å². The summed E-state index contributed by atoms with van der Waals surface area (Å²) in [5.74, 6) is -0.702. The lowest BCUT2D eigenvalue weighted by Crippen LogP contribution is -2.39. The molecule has 1 aliphatic heterocycles. The van der Waals surface area contributed by atoms with Gasteiger partial charge in [0.05, 0.1) is 5.69 Å². The maximum Gasteiger partial charge on any atom is 0.243 e. The summed E-state index contributed by atoms with van der Waals surface area (Å²) in [5, 5.41) is 2.60. The molecule has 0 saturated carbocycles. The van der Waals surface area contributed by atoms with Crippen LogP contribution < -0.4 is 16.2 Å². The van der Waals surface area contributed by atoms with E-state index in [9.17, 15) is 9.18 Å². The minimum atomic E-state index is -0.442. The molecule has 0 bridgehead atoms. The van der Waals surface area contributed by atoms with E-state index in [4.69, 9.17) is 0 Å². The van der Waals surface area contributed by atoms with Gasteiger partial charge >= 0.3 is 0 Å². The molecule has 2 unspecified atom stereocenters. The molecule has 2 atom stereocenters. The number of pyridine rings is 1. The molecule has 1 saturated heterocycles. The quantitative estimate of drug-likeness (QED) is 0.804. The van der Waals surface area contributed by atoms with Crippen LogP contribution in [-0.2, 0) is 4.79 Å². The number of anilines is 1. The summed E-state index contributed by atoms with van der Waals surface area (Å²) in [6.45, 7) is 0. The predicted octanol–water partition coefficient (Wildman–Crippen LogP) is 1.77. The molecule has 5 nitrogen and oxygen atoms in total. The van der Waals surface area contributed by atoms with Gasteiger partial charge in [0.1, 0.15) is 11.9 Å². The fraction of sp³-hybridized carbons (Fsp3) is 0.200. The van der Waals surface area contributed by atoms with Gasteiger partial charge in [-0.25, -0.2) is 15.2 Å². The van der Waals surface area contributed by atoms with Crippen LogP contribution in [0.25, 0.3) is 0 Å². The van der Waals surface area contributed by atoms with Gasteiger partial charge in [0.25, 0.3) is 0 Å². The summed E-state index contributed by atoms with van der Waals surface area (Å²) in [6.07, 6.45) is 4.01. The van der Waals surface area contributed by atoms with Gasteiger partial charge in [0, 0.05) is 18.4 Å². The number of nitrogens with one attached hydrogen (secondary N) is 3. The van der Waals surface area contributed by atoms with Crippen LogP contribution in [-0.4, -0.2) is 16.9 Å². The van der Waals surface area contributed by atoms with Crippen LogP contribution in [0.4, 0.5) is 10.1 Å². The van der Waals surface area contributed by atoms with Gasteiger partial charge in [-0.15, -0.1) is 0 Å². The summed E-state index contributed by atoms with van der Waals surface area (Å²) >= 11 is 0. The molecule has 1 fully saturated rings. The van der Waals surface area contributed by atoms with Crippen molar-refractivity contribution >= 4 is 11.6 Å². The van der Waals surface area contributed by atoms with E-state index in [0.717, 1.165) is 5.56 Å². The third kappa shape index (κ3) is 3.07. The Kier molecular flexibility index (Phi) is 3.89. The SMILES string of the molecule is O=C(Nc1ccccc1F)C1CC(c2ccncc2)NN1. The Morgan fingerprint density at radius 1 is 1.19 bits per heavy atom. The minimum Gasteiger partial charge on any atom is -0.322 e. The van der Waals surface area contributed by atoms with Gasteiger partial charge in [-0.05, 0) is 36.2 Å². The van der Waals surface area contributed by atoms with Crippen LogP contribution in [0.1, 0.15) is 18.0 Å². The van der Waals surface area contributed by atoms with Crippen LogP contribution in [0, 0.1) is 5.82 Å². The molecular formula is C15H15FN4O. The van der Waals surface area contributed by atoms with E-state index in [0.29, 0.717) is 6.42 Å². The highest BCUT2D eigenvalue weighted by molar-refractivity contribution is 5.95. The van der Waals surface area contributed by atoms with E-state index < -0.39 is 11.9 Å². The molecule has 1 aliphatic rings. The number of hydrazine groups is 1. The number of aromatic nitrogens is 1. The third-order valence-corrected chi connectivity index (χ3v) is 3.46. The summed E-state index contributed by atoms with van der Waals surface area (Å²) in [6, 6.07) is 9.53. The van der Waals surface area contributed by atoms with Crippen molar-refractivity contribution < 1.29 is 9.18 Å². The second kappa shape index (κ2) is 5.99. The molecule has 2 heterocycles. The Labute approximate surface area is 121 Å². The first-order valence-corrected chi connectivity index (χ1v) is 6.70.